The molecule has 0 aliphatic carbocycles. The summed E-state index contributed by atoms with van der Waals surface area (Å²) in [6.45, 7) is 4.15. The van der Waals surface area contributed by atoms with Gasteiger partial charge in [0.15, 0.2) is 0 Å². The van der Waals surface area contributed by atoms with Crippen molar-refractivity contribution in [2.45, 2.75) is 32.9 Å². The number of carbonyl (C=O) groups excluding carboxylic acids is 1. The van der Waals surface area contributed by atoms with Gasteiger partial charge in [-0.2, -0.15) is 0 Å². The molecule has 4 rings (SSSR count). The Labute approximate surface area is 202 Å². The second kappa shape index (κ2) is 10.1. The minimum atomic E-state index is -0.292. The number of amides is 1. The van der Waals surface area contributed by atoms with E-state index < -0.39 is 0 Å². The van der Waals surface area contributed by atoms with E-state index in [1.807, 2.05) is 61.7 Å². The highest BCUT2D eigenvalue weighted by Gasteiger charge is 2.17. The van der Waals surface area contributed by atoms with Crippen LogP contribution in [-0.2, 0) is 11.3 Å². The number of nitrogens with zero attached hydrogens (tertiary/aromatic N) is 2. The molecule has 4 aromatic rings. The average Bonchev–Trinajstić information content (AvgIpc) is 3.28. The molecule has 0 aliphatic rings. The Morgan fingerprint density at radius 3 is 2.62 bits per heavy atom. The molecule has 2 aromatic heterocycles. The van der Waals surface area contributed by atoms with Crippen LogP contribution < -0.4 is 20.3 Å². The fourth-order valence-corrected chi connectivity index (χ4v) is 4.77. The van der Waals surface area contributed by atoms with Crippen molar-refractivity contribution in [1.82, 2.24) is 14.9 Å². The fourth-order valence-electron chi connectivity index (χ4n) is 3.86. The summed E-state index contributed by atoms with van der Waals surface area (Å²) in [5.41, 5.74) is 3.68. The third-order valence-corrected chi connectivity index (χ3v) is 6.67. The highest BCUT2D eigenvalue weighted by molar-refractivity contribution is 7.17. The zero-order chi connectivity index (χ0) is 24.2. The second-order valence-electron chi connectivity index (χ2n) is 8.09. The summed E-state index contributed by atoms with van der Waals surface area (Å²) in [5.74, 6) is 1.18. The standard InChI is InChI=1S/C26H27N3O4S/c1-16-5-7-18(8-6-16)21-14-34-25-24(21)26(31)29(15-27-25)12-11-23(30)28-17(2)20-13-19(32-3)9-10-22(20)33-4/h5-10,13-15,17H,11-12H2,1-4H3,(H,28,30). The number of methoxy groups -OCH3 is 2. The SMILES string of the molecule is COc1ccc(OC)c(C(C)NC(=O)CCn2cnc3scc(-c4ccc(C)cc4)c3c2=O)c1. The molecule has 2 heterocycles. The fraction of sp³-hybridized carbons (Fsp3) is 0.269. The molecule has 34 heavy (non-hydrogen) atoms. The number of thiophene rings is 1. The predicted octanol–water partition coefficient (Wildman–Crippen LogP) is 4.72. The number of fused-ring (bicyclic) bond motifs is 1. The lowest BCUT2D eigenvalue weighted by atomic mass is 10.1. The van der Waals surface area contributed by atoms with Crippen molar-refractivity contribution in [3.63, 3.8) is 0 Å². The summed E-state index contributed by atoms with van der Waals surface area (Å²) in [7, 11) is 3.18. The summed E-state index contributed by atoms with van der Waals surface area (Å²) < 4.78 is 12.2. The first kappa shape index (κ1) is 23.5. The van der Waals surface area contributed by atoms with Gasteiger partial charge in [0.25, 0.3) is 5.56 Å². The number of aryl methyl sites for hydroxylation is 2. The van der Waals surface area contributed by atoms with Crippen molar-refractivity contribution < 1.29 is 14.3 Å². The Bertz CT molecular complexity index is 1380. The normalized spacial score (nSPS) is 11.9. The molecule has 8 heteroatoms. The van der Waals surface area contributed by atoms with Crippen LogP contribution in [0.25, 0.3) is 21.3 Å². The van der Waals surface area contributed by atoms with E-state index in [0.29, 0.717) is 21.7 Å². The quantitative estimate of drug-likeness (QED) is 0.397. The van der Waals surface area contributed by atoms with Gasteiger partial charge in [-0.25, -0.2) is 4.98 Å². The number of benzene rings is 2. The van der Waals surface area contributed by atoms with E-state index in [4.69, 9.17) is 9.47 Å². The number of carbonyl (C=O) groups is 1. The molecule has 0 aliphatic heterocycles. The molecule has 1 atom stereocenters. The third-order valence-electron chi connectivity index (χ3n) is 5.78. The molecule has 2 aromatic carbocycles. The van der Waals surface area contributed by atoms with Gasteiger partial charge < -0.3 is 14.8 Å². The lowest BCUT2D eigenvalue weighted by Gasteiger charge is -2.18. The zero-order valence-corrected chi connectivity index (χ0v) is 20.4. The van der Waals surface area contributed by atoms with E-state index in [2.05, 4.69) is 10.3 Å². The van der Waals surface area contributed by atoms with Crippen molar-refractivity contribution >= 4 is 27.5 Å². The summed E-state index contributed by atoms with van der Waals surface area (Å²) in [5, 5.41) is 5.53. The molecular weight excluding hydrogens is 450 g/mol. The van der Waals surface area contributed by atoms with Crippen molar-refractivity contribution in [2.24, 2.45) is 0 Å². The second-order valence-corrected chi connectivity index (χ2v) is 8.94. The van der Waals surface area contributed by atoms with Gasteiger partial charge in [0.1, 0.15) is 16.3 Å². The summed E-state index contributed by atoms with van der Waals surface area (Å²) in [6.07, 6.45) is 1.66. The zero-order valence-electron chi connectivity index (χ0n) is 19.6. The maximum atomic E-state index is 13.2. The number of hydrogen-bond acceptors (Lipinski definition) is 6. The van der Waals surface area contributed by atoms with E-state index in [0.717, 1.165) is 22.3 Å². The van der Waals surface area contributed by atoms with Gasteiger partial charge in [-0.1, -0.05) is 29.8 Å². The molecule has 0 saturated heterocycles. The molecule has 1 amide bonds. The van der Waals surface area contributed by atoms with Gasteiger partial charge >= 0.3 is 0 Å². The van der Waals surface area contributed by atoms with Crippen LogP contribution in [0.5, 0.6) is 11.5 Å². The molecule has 7 nitrogen and oxygen atoms in total. The summed E-state index contributed by atoms with van der Waals surface area (Å²) in [4.78, 5) is 31.1. The van der Waals surface area contributed by atoms with Crippen LogP contribution in [0.1, 0.15) is 30.5 Å². The van der Waals surface area contributed by atoms with E-state index in [-0.39, 0.29) is 30.5 Å². The molecule has 0 bridgehead atoms. The Morgan fingerprint density at radius 2 is 1.91 bits per heavy atom. The van der Waals surface area contributed by atoms with Crippen LogP contribution in [0.15, 0.2) is 59.0 Å². The number of aromatic nitrogens is 2. The third kappa shape index (κ3) is 4.82. The topological polar surface area (TPSA) is 82.4 Å². The van der Waals surface area contributed by atoms with E-state index >= 15 is 0 Å². The van der Waals surface area contributed by atoms with Crippen LogP contribution in [0.4, 0.5) is 0 Å². The van der Waals surface area contributed by atoms with E-state index in [1.165, 1.54) is 22.2 Å². The number of rotatable bonds is 8. The molecule has 0 spiro atoms. The molecule has 1 unspecified atom stereocenters. The molecule has 1 N–H and O–H groups in total. The first-order chi connectivity index (χ1) is 16.4. The smallest absolute Gasteiger partial charge is 0.262 e. The van der Waals surface area contributed by atoms with Crippen molar-refractivity contribution in [2.75, 3.05) is 14.2 Å². The maximum Gasteiger partial charge on any atom is 0.262 e. The molecule has 0 radical (unpaired) electrons. The van der Waals surface area contributed by atoms with Gasteiger partial charge in [-0.3, -0.25) is 14.2 Å². The van der Waals surface area contributed by atoms with Crippen LogP contribution in [0.3, 0.4) is 0 Å². The van der Waals surface area contributed by atoms with Crippen LogP contribution >= 0.6 is 11.3 Å². The van der Waals surface area contributed by atoms with Gasteiger partial charge in [-0.05, 0) is 37.6 Å². The first-order valence-corrected chi connectivity index (χ1v) is 11.8. The lowest BCUT2D eigenvalue weighted by molar-refractivity contribution is -0.122. The highest BCUT2D eigenvalue weighted by atomic mass is 32.1. The van der Waals surface area contributed by atoms with Crippen molar-refractivity contribution in [3.8, 4) is 22.6 Å². The van der Waals surface area contributed by atoms with Crippen LogP contribution in [-0.4, -0.2) is 29.7 Å². The summed E-state index contributed by atoms with van der Waals surface area (Å²) in [6, 6.07) is 13.2. The minimum absolute atomic E-state index is 0.142. The predicted molar refractivity (Wildman–Crippen MR) is 135 cm³/mol. The Morgan fingerprint density at radius 1 is 1.15 bits per heavy atom. The van der Waals surface area contributed by atoms with Gasteiger partial charge in [0.05, 0.1) is 32.0 Å². The Kier molecular flexibility index (Phi) is 6.98. The number of hydrogen-bond donors (Lipinski definition) is 1. The van der Waals surface area contributed by atoms with Gasteiger partial charge in [0, 0.05) is 29.5 Å². The maximum absolute atomic E-state index is 13.2. The van der Waals surface area contributed by atoms with Crippen LogP contribution in [0, 0.1) is 6.92 Å². The Hall–Kier alpha value is -3.65. The molecule has 176 valence electrons. The van der Waals surface area contributed by atoms with E-state index in [1.54, 1.807) is 14.2 Å². The molecule has 0 fully saturated rings. The lowest BCUT2D eigenvalue weighted by Crippen LogP contribution is -2.29. The van der Waals surface area contributed by atoms with Crippen molar-refractivity contribution in [1.29, 1.82) is 0 Å². The monoisotopic (exact) mass is 477 g/mol. The summed E-state index contributed by atoms with van der Waals surface area (Å²) >= 11 is 1.45. The first-order valence-electron chi connectivity index (χ1n) is 11.0. The molecular formula is C26H27N3O4S. The number of ether oxygens (including phenoxy) is 2. The van der Waals surface area contributed by atoms with Crippen molar-refractivity contribution in [3.05, 3.63) is 75.7 Å². The Balaban J connectivity index is 1.50. The van der Waals surface area contributed by atoms with E-state index in [9.17, 15) is 9.59 Å². The number of nitrogens with one attached hydrogen (secondary N) is 1. The van der Waals surface area contributed by atoms with Gasteiger partial charge in [0.2, 0.25) is 5.91 Å². The average molecular weight is 478 g/mol. The van der Waals surface area contributed by atoms with Gasteiger partial charge in [-0.15, -0.1) is 11.3 Å². The largest absolute Gasteiger partial charge is 0.497 e. The van der Waals surface area contributed by atoms with Crippen LogP contribution in [0.2, 0.25) is 0 Å². The minimum Gasteiger partial charge on any atom is -0.497 e. The highest BCUT2D eigenvalue weighted by Crippen LogP contribution is 2.31. The molecule has 0 saturated carbocycles.